The van der Waals surface area contributed by atoms with Crippen molar-refractivity contribution >= 4 is 17.4 Å². The second-order valence-corrected chi connectivity index (χ2v) is 9.50. The highest BCUT2D eigenvalue weighted by Gasteiger charge is 2.24. The zero-order valence-corrected chi connectivity index (χ0v) is 21.1. The van der Waals surface area contributed by atoms with Crippen LogP contribution in [0.15, 0.2) is 72.8 Å². The van der Waals surface area contributed by atoms with Crippen molar-refractivity contribution < 1.29 is 14.6 Å². The highest BCUT2D eigenvalue weighted by Crippen LogP contribution is 2.30. The average Bonchev–Trinajstić information content (AvgIpc) is 3.26. The summed E-state index contributed by atoms with van der Waals surface area (Å²) in [6, 6.07) is 24.6. The summed E-state index contributed by atoms with van der Waals surface area (Å²) in [5.41, 5.74) is 3.48. The fraction of sp³-hybridized carbons (Fsp3) is 0.345. The molecule has 37 heavy (non-hydrogen) atoms. The van der Waals surface area contributed by atoms with E-state index in [0.29, 0.717) is 17.2 Å². The fourth-order valence-corrected chi connectivity index (χ4v) is 4.97. The van der Waals surface area contributed by atoms with Gasteiger partial charge in [-0.25, -0.2) is 14.3 Å². The van der Waals surface area contributed by atoms with Crippen molar-refractivity contribution in [1.82, 2.24) is 19.5 Å². The molecule has 8 nitrogen and oxygen atoms in total. The number of carbonyl (C=O) groups is 1. The van der Waals surface area contributed by atoms with Gasteiger partial charge >= 0.3 is 5.97 Å². The Kier molecular flexibility index (Phi) is 7.77. The van der Waals surface area contributed by atoms with Gasteiger partial charge in [-0.3, -0.25) is 0 Å². The number of carboxylic acid groups (broad SMARTS) is 1. The number of likely N-dealkylation sites (tertiary alicyclic amines) is 1. The molecule has 8 heteroatoms. The van der Waals surface area contributed by atoms with E-state index >= 15 is 0 Å². The Morgan fingerprint density at radius 3 is 2.30 bits per heavy atom. The number of nitrogens with zero attached hydrogens (tertiary/aromatic N) is 4. The van der Waals surface area contributed by atoms with Crippen LogP contribution in [0.4, 0.5) is 5.82 Å². The van der Waals surface area contributed by atoms with E-state index in [0.717, 1.165) is 45.4 Å². The van der Waals surface area contributed by atoms with Crippen LogP contribution in [0.25, 0.3) is 5.65 Å². The van der Waals surface area contributed by atoms with Crippen LogP contribution < -0.4 is 5.32 Å². The van der Waals surface area contributed by atoms with Crippen LogP contribution in [0.3, 0.4) is 0 Å². The Hall–Kier alpha value is -3.75. The third-order valence-electron chi connectivity index (χ3n) is 6.88. The van der Waals surface area contributed by atoms with Crippen molar-refractivity contribution in [3.05, 3.63) is 95.3 Å². The molecule has 4 aromatic rings. The molecule has 1 fully saturated rings. The molecule has 2 aromatic carbocycles. The Balaban J connectivity index is 1.10. The minimum atomic E-state index is -1.03. The van der Waals surface area contributed by atoms with Crippen molar-refractivity contribution in [3.63, 3.8) is 0 Å². The number of aryl methyl sites for hydroxylation is 1. The molecule has 1 saturated heterocycles. The number of rotatable bonds is 10. The molecule has 0 unspecified atom stereocenters. The van der Waals surface area contributed by atoms with Crippen LogP contribution in [-0.4, -0.2) is 62.9 Å². The van der Waals surface area contributed by atoms with E-state index in [9.17, 15) is 9.90 Å². The monoisotopic (exact) mass is 499 g/mol. The van der Waals surface area contributed by atoms with Gasteiger partial charge in [-0.1, -0.05) is 60.7 Å². The van der Waals surface area contributed by atoms with Crippen LogP contribution in [0.1, 0.15) is 52.7 Å². The Labute approximate surface area is 216 Å². The van der Waals surface area contributed by atoms with Crippen molar-refractivity contribution in [1.29, 1.82) is 0 Å². The first kappa shape index (κ1) is 24.9. The minimum absolute atomic E-state index is 0.0473. The van der Waals surface area contributed by atoms with Crippen molar-refractivity contribution in [2.24, 2.45) is 0 Å². The fourth-order valence-electron chi connectivity index (χ4n) is 4.97. The molecule has 0 bridgehead atoms. The summed E-state index contributed by atoms with van der Waals surface area (Å²) < 4.78 is 8.05. The number of carboxylic acids is 1. The molecule has 2 aromatic heterocycles. The van der Waals surface area contributed by atoms with Gasteiger partial charge in [0.25, 0.3) is 0 Å². The summed E-state index contributed by atoms with van der Waals surface area (Å²) in [7, 11) is 0. The van der Waals surface area contributed by atoms with E-state index in [1.807, 2.05) is 18.2 Å². The summed E-state index contributed by atoms with van der Waals surface area (Å²) in [6.07, 6.45) is 3.18. The molecule has 1 aliphatic heterocycles. The maximum atomic E-state index is 11.5. The average molecular weight is 500 g/mol. The number of hydrogen-bond donors (Lipinski definition) is 2. The molecule has 2 N–H and O–H groups in total. The molecule has 0 saturated carbocycles. The highest BCUT2D eigenvalue weighted by molar-refractivity contribution is 5.88. The molecule has 5 rings (SSSR count). The van der Waals surface area contributed by atoms with E-state index < -0.39 is 5.97 Å². The number of hydrogen-bond acceptors (Lipinski definition) is 6. The van der Waals surface area contributed by atoms with Crippen LogP contribution in [-0.2, 0) is 4.74 Å². The lowest BCUT2D eigenvalue weighted by molar-refractivity contribution is -0.0269. The van der Waals surface area contributed by atoms with Gasteiger partial charge in [0.05, 0.1) is 11.8 Å². The zero-order valence-electron chi connectivity index (χ0n) is 21.1. The lowest BCUT2D eigenvalue weighted by Crippen LogP contribution is -2.38. The van der Waals surface area contributed by atoms with Crippen molar-refractivity contribution in [2.45, 2.75) is 38.4 Å². The summed E-state index contributed by atoms with van der Waals surface area (Å²) in [4.78, 5) is 18.3. The normalized spacial score (nSPS) is 14.9. The molecular formula is C29H33N5O3. The second kappa shape index (κ2) is 11.5. The van der Waals surface area contributed by atoms with Gasteiger partial charge in [-0.15, -0.1) is 5.10 Å². The van der Waals surface area contributed by atoms with E-state index in [1.54, 1.807) is 13.0 Å². The molecule has 192 valence electrons. The highest BCUT2D eigenvalue weighted by atomic mass is 16.5. The number of fused-ring (bicyclic) bond motifs is 1. The van der Waals surface area contributed by atoms with Gasteiger partial charge in [0.1, 0.15) is 11.9 Å². The van der Waals surface area contributed by atoms with Crippen molar-refractivity contribution in [3.8, 4) is 0 Å². The van der Waals surface area contributed by atoms with Crippen LogP contribution >= 0.6 is 0 Å². The Morgan fingerprint density at radius 1 is 1.03 bits per heavy atom. The van der Waals surface area contributed by atoms with Gasteiger partial charge in [0, 0.05) is 19.6 Å². The largest absolute Gasteiger partial charge is 0.476 e. The lowest BCUT2D eigenvalue weighted by Gasteiger charge is -2.34. The summed E-state index contributed by atoms with van der Waals surface area (Å²) in [5, 5.41) is 17.2. The number of imidazole rings is 1. The standard InChI is InChI=1S/C29H33N5O3/c1-21-27(29(35)36)34-26(31-21)14-13-25(32-34)30-17-8-18-33-19-15-24(16-20-33)37-28(22-9-4-2-5-10-22)23-11-6-3-7-12-23/h2-7,9-14,24,28H,8,15-20H2,1H3,(H,30,32)(H,35,36). The molecule has 0 amide bonds. The SMILES string of the molecule is Cc1nc2ccc(NCCCN3CCC(OC(c4ccccc4)c4ccccc4)CC3)nn2c1C(=O)O. The van der Waals surface area contributed by atoms with E-state index in [-0.39, 0.29) is 17.9 Å². The van der Waals surface area contributed by atoms with Gasteiger partial charge < -0.3 is 20.1 Å². The Morgan fingerprint density at radius 2 is 1.68 bits per heavy atom. The number of benzene rings is 2. The zero-order chi connectivity index (χ0) is 25.6. The molecule has 0 atom stereocenters. The maximum absolute atomic E-state index is 11.5. The number of aromatic nitrogens is 3. The van der Waals surface area contributed by atoms with Gasteiger partial charge in [-0.2, -0.15) is 0 Å². The number of nitrogens with one attached hydrogen (secondary N) is 1. The summed E-state index contributed by atoms with van der Waals surface area (Å²) >= 11 is 0. The van der Waals surface area contributed by atoms with Crippen molar-refractivity contribution in [2.75, 3.05) is 31.5 Å². The predicted octanol–water partition coefficient (Wildman–Crippen LogP) is 4.81. The molecule has 1 aliphatic rings. The van der Waals surface area contributed by atoms with Gasteiger partial charge in [0.15, 0.2) is 11.3 Å². The number of aromatic carboxylic acids is 1. The van der Waals surface area contributed by atoms with E-state index in [1.165, 1.54) is 15.6 Å². The van der Waals surface area contributed by atoms with Crippen LogP contribution in [0, 0.1) is 6.92 Å². The van der Waals surface area contributed by atoms with Gasteiger partial charge in [-0.05, 0) is 56.0 Å². The first-order valence-corrected chi connectivity index (χ1v) is 12.9. The molecule has 0 aliphatic carbocycles. The predicted molar refractivity (Wildman–Crippen MR) is 143 cm³/mol. The first-order chi connectivity index (χ1) is 18.1. The number of piperidine rings is 1. The van der Waals surface area contributed by atoms with E-state index in [4.69, 9.17) is 4.74 Å². The third-order valence-corrected chi connectivity index (χ3v) is 6.88. The minimum Gasteiger partial charge on any atom is -0.476 e. The quantitative estimate of drug-likeness (QED) is 0.303. The van der Waals surface area contributed by atoms with Crippen LogP contribution in [0.5, 0.6) is 0 Å². The molecule has 0 spiro atoms. The molecular weight excluding hydrogens is 466 g/mol. The maximum Gasteiger partial charge on any atom is 0.356 e. The summed E-state index contributed by atoms with van der Waals surface area (Å²) in [6.45, 7) is 5.47. The van der Waals surface area contributed by atoms with Gasteiger partial charge in [0.2, 0.25) is 0 Å². The number of anilines is 1. The number of ether oxygens (including phenoxy) is 1. The molecule has 3 heterocycles. The molecule has 0 radical (unpaired) electrons. The third kappa shape index (κ3) is 5.98. The smallest absolute Gasteiger partial charge is 0.356 e. The van der Waals surface area contributed by atoms with Crippen LogP contribution in [0.2, 0.25) is 0 Å². The Bertz CT molecular complexity index is 1280. The lowest BCUT2D eigenvalue weighted by atomic mass is 10.00. The topological polar surface area (TPSA) is 92.0 Å². The summed E-state index contributed by atoms with van der Waals surface area (Å²) in [5.74, 6) is -0.381. The first-order valence-electron chi connectivity index (χ1n) is 12.9. The second-order valence-electron chi connectivity index (χ2n) is 9.50. The van der Waals surface area contributed by atoms with E-state index in [2.05, 4.69) is 68.8 Å².